The smallest absolute Gasteiger partial charge is 0.273 e. The molecule has 0 bridgehead atoms. The van der Waals surface area contributed by atoms with Crippen molar-refractivity contribution in [3.8, 4) is 5.75 Å². The van der Waals surface area contributed by atoms with Crippen molar-refractivity contribution in [3.63, 3.8) is 0 Å². The molecule has 2 atom stereocenters. The number of amides is 1. The first-order valence-electron chi connectivity index (χ1n) is 11.2. The Morgan fingerprint density at radius 3 is 2.69 bits per heavy atom. The van der Waals surface area contributed by atoms with E-state index in [0.717, 1.165) is 17.0 Å². The van der Waals surface area contributed by atoms with Crippen LogP contribution in [0.1, 0.15) is 32.8 Å². The average Bonchev–Trinajstić information content (AvgIpc) is 2.81. The molecule has 2 unspecified atom stereocenters. The third-order valence-corrected chi connectivity index (χ3v) is 6.20. The topological polar surface area (TPSA) is 138 Å². The van der Waals surface area contributed by atoms with Crippen LogP contribution in [0.3, 0.4) is 0 Å². The Morgan fingerprint density at radius 1 is 1.31 bits per heavy atom. The normalized spacial score (nSPS) is 16.8. The monoisotopic (exact) mass is 547 g/mol. The number of hydrazone groups is 1. The molecule has 1 aliphatic rings. The lowest BCUT2D eigenvalue weighted by molar-refractivity contribution is -0.385. The molecule has 188 valence electrons. The van der Waals surface area contributed by atoms with E-state index in [1.54, 1.807) is 6.07 Å². The molecule has 0 saturated heterocycles. The molecular weight excluding hydrogens is 518 g/mol. The molecular formula is C24H30BrN5O5. The first kappa shape index (κ1) is 26.6. The highest BCUT2D eigenvalue weighted by Gasteiger charge is 2.22. The van der Waals surface area contributed by atoms with Gasteiger partial charge in [-0.1, -0.05) is 19.1 Å². The van der Waals surface area contributed by atoms with Gasteiger partial charge in [0, 0.05) is 42.7 Å². The van der Waals surface area contributed by atoms with Gasteiger partial charge in [-0.2, -0.15) is 5.10 Å². The van der Waals surface area contributed by atoms with Gasteiger partial charge >= 0.3 is 0 Å². The summed E-state index contributed by atoms with van der Waals surface area (Å²) in [5, 5.41) is 32.2. The predicted octanol–water partition coefficient (Wildman–Crippen LogP) is 3.44. The van der Waals surface area contributed by atoms with E-state index < -0.39 is 11.0 Å². The van der Waals surface area contributed by atoms with Crippen molar-refractivity contribution in [2.75, 3.05) is 25.0 Å². The lowest BCUT2D eigenvalue weighted by Crippen LogP contribution is -2.49. The molecule has 2 aromatic carbocycles. The summed E-state index contributed by atoms with van der Waals surface area (Å²) >= 11 is 3.30. The Labute approximate surface area is 212 Å². The van der Waals surface area contributed by atoms with E-state index in [2.05, 4.69) is 37.1 Å². The number of benzene rings is 2. The maximum Gasteiger partial charge on any atom is 0.273 e. The van der Waals surface area contributed by atoms with Crippen molar-refractivity contribution in [1.29, 1.82) is 0 Å². The summed E-state index contributed by atoms with van der Waals surface area (Å²) in [6, 6.07) is 12.1. The number of nitrogens with zero attached hydrogens (tertiary/aromatic N) is 2. The molecule has 3 rings (SSSR count). The molecule has 0 aliphatic carbocycles. The molecule has 0 saturated carbocycles. The van der Waals surface area contributed by atoms with Crippen LogP contribution in [0.5, 0.6) is 5.75 Å². The lowest BCUT2D eigenvalue weighted by atomic mass is 9.94. The van der Waals surface area contributed by atoms with Crippen molar-refractivity contribution in [2.24, 2.45) is 11.0 Å². The van der Waals surface area contributed by atoms with Crippen molar-refractivity contribution in [1.82, 2.24) is 10.7 Å². The van der Waals surface area contributed by atoms with Gasteiger partial charge < -0.3 is 20.5 Å². The fourth-order valence-corrected chi connectivity index (χ4v) is 3.86. The predicted molar refractivity (Wildman–Crippen MR) is 138 cm³/mol. The molecule has 4 N–H and O–H groups in total. The number of β-amino-alcohol motifs (C(OH)–C–C–N with tert-alkyl or cyclic N) is 1. The highest BCUT2D eigenvalue weighted by Crippen LogP contribution is 2.29. The molecule has 2 aromatic rings. The summed E-state index contributed by atoms with van der Waals surface area (Å²) in [6.07, 6.45) is -0.378. The van der Waals surface area contributed by atoms with Crippen LogP contribution in [0.25, 0.3) is 0 Å². The number of hydrogen-bond donors (Lipinski definition) is 4. The number of carbonyl (C=O) groups excluding carboxylic acids is 1. The van der Waals surface area contributed by atoms with Crippen LogP contribution in [-0.2, 0) is 4.79 Å². The minimum atomic E-state index is -0.807. The Balaban J connectivity index is 1.45. The summed E-state index contributed by atoms with van der Waals surface area (Å²) in [7, 11) is 0. The van der Waals surface area contributed by atoms with Gasteiger partial charge in [0.05, 0.1) is 21.2 Å². The van der Waals surface area contributed by atoms with Crippen LogP contribution in [0.2, 0.25) is 0 Å². The van der Waals surface area contributed by atoms with Crippen LogP contribution < -0.4 is 20.8 Å². The number of aliphatic hydroxyl groups is 1. The molecule has 35 heavy (non-hydrogen) atoms. The molecule has 0 aromatic heterocycles. The average molecular weight is 548 g/mol. The first-order chi connectivity index (χ1) is 16.5. The molecule has 0 spiro atoms. The van der Waals surface area contributed by atoms with E-state index in [0.29, 0.717) is 23.2 Å². The Hall–Kier alpha value is -3.02. The van der Waals surface area contributed by atoms with Crippen molar-refractivity contribution in [2.45, 2.75) is 38.8 Å². The second-order valence-corrected chi connectivity index (χ2v) is 10.0. The summed E-state index contributed by atoms with van der Waals surface area (Å²) in [6.45, 7) is 6.88. The molecule has 11 heteroatoms. The molecule has 10 nitrogen and oxygen atoms in total. The number of nitro benzene ring substituents is 1. The standard InChI is InChI=1S/C24H30BrN5O5/c1-15-10-22(32)28-29-23(15)16-4-6-17(7-5-16)26-14-24(2,3)27-12-19(31)13-35-21-11-18(30(33)34)8-9-20(21)25/h4-9,11,15,19,26-27,31H,10,12-14H2,1-3H3,(H,28,32). The minimum absolute atomic E-state index is 0.0134. The fraction of sp³-hybridized carbons (Fsp3) is 0.417. The molecule has 1 aliphatic heterocycles. The van der Waals surface area contributed by atoms with E-state index in [4.69, 9.17) is 4.74 Å². The van der Waals surface area contributed by atoms with Crippen LogP contribution >= 0.6 is 15.9 Å². The fourth-order valence-electron chi connectivity index (χ4n) is 3.50. The zero-order chi connectivity index (χ0) is 25.6. The number of ether oxygens (including phenoxy) is 1. The second kappa shape index (κ2) is 11.6. The Kier molecular flexibility index (Phi) is 8.82. The molecule has 1 heterocycles. The van der Waals surface area contributed by atoms with Crippen LogP contribution in [0, 0.1) is 16.0 Å². The van der Waals surface area contributed by atoms with E-state index in [1.165, 1.54) is 12.1 Å². The number of nitrogens with one attached hydrogen (secondary N) is 3. The van der Waals surface area contributed by atoms with Gasteiger partial charge in [0.1, 0.15) is 18.5 Å². The lowest BCUT2D eigenvalue weighted by Gasteiger charge is -2.28. The van der Waals surface area contributed by atoms with E-state index in [9.17, 15) is 20.0 Å². The molecule has 0 fully saturated rings. The van der Waals surface area contributed by atoms with Crippen LogP contribution in [0.15, 0.2) is 52.0 Å². The van der Waals surface area contributed by atoms with E-state index in [-0.39, 0.29) is 36.2 Å². The third kappa shape index (κ3) is 7.74. The maximum absolute atomic E-state index is 11.4. The number of carbonyl (C=O) groups is 1. The van der Waals surface area contributed by atoms with Crippen LogP contribution in [0.4, 0.5) is 11.4 Å². The van der Waals surface area contributed by atoms with E-state index >= 15 is 0 Å². The number of rotatable bonds is 11. The Morgan fingerprint density at radius 2 is 2.03 bits per heavy atom. The summed E-state index contributed by atoms with van der Waals surface area (Å²) in [5.41, 5.74) is 4.90. The van der Waals surface area contributed by atoms with Crippen molar-refractivity contribution in [3.05, 3.63) is 62.6 Å². The summed E-state index contributed by atoms with van der Waals surface area (Å²) < 4.78 is 6.15. The highest BCUT2D eigenvalue weighted by atomic mass is 79.9. The molecule has 1 amide bonds. The largest absolute Gasteiger partial charge is 0.489 e. The quantitative estimate of drug-likeness (QED) is 0.249. The van der Waals surface area contributed by atoms with Crippen LogP contribution in [-0.4, -0.2) is 53.0 Å². The number of nitro groups is 1. The maximum atomic E-state index is 11.4. The van der Waals surface area contributed by atoms with Gasteiger partial charge in [0.15, 0.2) is 0 Å². The van der Waals surface area contributed by atoms with Gasteiger partial charge in [0.2, 0.25) is 5.91 Å². The SMILES string of the molecule is CC1CC(=O)NN=C1c1ccc(NCC(C)(C)NCC(O)COc2cc([N+](=O)[O-])ccc2Br)cc1. The molecule has 0 radical (unpaired) electrons. The van der Waals surface area contributed by atoms with Crippen molar-refractivity contribution >= 4 is 38.9 Å². The number of non-ortho nitro benzene ring substituents is 1. The van der Waals surface area contributed by atoms with Gasteiger partial charge in [-0.25, -0.2) is 5.43 Å². The summed E-state index contributed by atoms with van der Waals surface area (Å²) in [4.78, 5) is 21.9. The van der Waals surface area contributed by atoms with Gasteiger partial charge in [-0.15, -0.1) is 0 Å². The van der Waals surface area contributed by atoms with Gasteiger partial charge in [-0.05, 0) is 53.5 Å². The summed E-state index contributed by atoms with van der Waals surface area (Å²) in [5.74, 6) is 0.306. The number of halogens is 1. The second-order valence-electron chi connectivity index (χ2n) is 9.17. The zero-order valence-electron chi connectivity index (χ0n) is 19.9. The van der Waals surface area contributed by atoms with Crippen molar-refractivity contribution < 1.29 is 19.6 Å². The minimum Gasteiger partial charge on any atom is -0.489 e. The van der Waals surface area contributed by atoms with E-state index in [1.807, 2.05) is 45.0 Å². The number of aliphatic hydroxyl groups excluding tert-OH is 1. The van der Waals surface area contributed by atoms with Gasteiger partial charge in [0.25, 0.3) is 5.69 Å². The zero-order valence-corrected chi connectivity index (χ0v) is 21.5. The number of hydrogen-bond acceptors (Lipinski definition) is 8. The van der Waals surface area contributed by atoms with Gasteiger partial charge in [-0.3, -0.25) is 14.9 Å². The Bertz CT molecular complexity index is 1090. The number of anilines is 1. The third-order valence-electron chi connectivity index (χ3n) is 5.55. The first-order valence-corrected chi connectivity index (χ1v) is 12.0. The highest BCUT2D eigenvalue weighted by molar-refractivity contribution is 9.10.